The third-order valence-corrected chi connectivity index (χ3v) is 4.54. The van der Waals surface area contributed by atoms with Crippen LogP contribution in [0.5, 0.6) is 5.75 Å². The first-order valence-corrected chi connectivity index (χ1v) is 8.73. The molecule has 0 radical (unpaired) electrons. The van der Waals surface area contributed by atoms with Crippen LogP contribution >= 0.6 is 11.6 Å². The summed E-state index contributed by atoms with van der Waals surface area (Å²) in [5.74, 6) is 1.46. The Balaban J connectivity index is 2.19. The number of rotatable bonds is 6. The number of hydrogen-bond acceptors (Lipinski definition) is 3. The highest BCUT2D eigenvalue weighted by molar-refractivity contribution is 6.30. The number of carbonyl (C=O) groups excluding carboxylic acids is 1. The van der Waals surface area contributed by atoms with Gasteiger partial charge >= 0.3 is 0 Å². The van der Waals surface area contributed by atoms with E-state index in [1.54, 1.807) is 7.11 Å². The largest absolute Gasteiger partial charge is 0.496 e. The fourth-order valence-electron chi connectivity index (χ4n) is 3.09. The summed E-state index contributed by atoms with van der Waals surface area (Å²) >= 11 is 6.16. The van der Waals surface area contributed by atoms with Gasteiger partial charge in [0.05, 0.1) is 13.2 Å². The molecule has 1 fully saturated rings. The van der Waals surface area contributed by atoms with Crippen LogP contribution in [-0.4, -0.2) is 26.1 Å². The Morgan fingerprint density at radius 2 is 2.09 bits per heavy atom. The average molecular weight is 339 g/mol. The second kappa shape index (κ2) is 8.55. The second-order valence-electron chi connectivity index (χ2n) is 6.60. The Bertz CT molecular complexity index is 528. The van der Waals surface area contributed by atoms with Gasteiger partial charge in [-0.05, 0) is 56.5 Å². The monoisotopic (exact) mass is 338 g/mol. The molecule has 2 rings (SSSR count). The van der Waals surface area contributed by atoms with Crippen LogP contribution in [0.3, 0.4) is 0 Å². The van der Waals surface area contributed by atoms with E-state index in [9.17, 15) is 4.79 Å². The van der Waals surface area contributed by atoms with E-state index in [1.807, 2.05) is 18.2 Å². The molecule has 4 nitrogen and oxygen atoms in total. The van der Waals surface area contributed by atoms with Gasteiger partial charge in [0.1, 0.15) is 5.75 Å². The van der Waals surface area contributed by atoms with Crippen molar-refractivity contribution in [2.45, 2.75) is 39.2 Å². The lowest BCUT2D eigenvalue weighted by molar-refractivity contribution is -0.126. The van der Waals surface area contributed by atoms with E-state index < -0.39 is 0 Å². The minimum absolute atomic E-state index is 0.0777. The van der Waals surface area contributed by atoms with Crippen LogP contribution in [0.1, 0.15) is 44.7 Å². The van der Waals surface area contributed by atoms with E-state index in [-0.39, 0.29) is 17.9 Å². The molecular formula is C18H27ClN2O2. The first kappa shape index (κ1) is 18.1. The highest BCUT2D eigenvalue weighted by Crippen LogP contribution is 2.32. The van der Waals surface area contributed by atoms with Crippen LogP contribution in [0, 0.1) is 11.8 Å². The van der Waals surface area contributed by atoms with Crippen molar-refractivity contribution in [1.82, 2.24) is 10.6 Å². The van der Waals surface area contributed by atoms with Gasteiger partial charge < -0.3 is 15.4 Å². The summed E-state index contributed by atoms with van der Waals surface area (Å²) in [6.07, 6.45) is 2.65. The fourth-order valence-corrected chi connectivity index (χ4v) is 3.27. The number of amides is 1. The molecule has 2 N–H and O–H groups in total. The number of benzene rings is 1. The number of carbonyl (C=O) groups is 1. The van der Waals surface area contributed by atoms with Gasteiger partial charge in [-0.3, -0.25) is 4.79 Å². The molecule has 1 aromatic rings. The third kappa shape index (κ3) is 5.11. The van der Waals surface area contributed by atoms with Crippen molar-refractivity contribution in [2.24, 2.45) is 11.8 Å². The van der Waals surface area contributed by atoms with E-state index >= 15 is 0 Å². The number of methoxy groups -OCH3 is 1. The molecule has 5 heteroatoms. The van der Waals surface area contributed by atoms with Gasteiger partial charge in [-0.1, -0.05) is 25.4 Å². The first-order chi connectivity index (χ1) is 11.0. The standard InChI is InChI=1S/C18H27ClN2O2/c1-12(2)10-16(15-11-14(19)4-5-17(15)23-3)21-18(22)13-6-8-20-9-7-13/h4-5,11-13,16,20H,6-10H2,1-3H3,(H,21,22). The van der Waals surface area contributed by atoms with E-state index in [0.717, 1.165) is 43.7 Å². The van der Waals surface area contributed by atoms with Crippen LogP contribution in [0.4, 0.5) is 0 Å². The van der Waals surface area contributed by atoms with Gasteiger partial charge in [-0.25, -0.2) is 0 Å². The summed E-state index contributed by atoms with van der Waals surface area (Å²) in [6, 6.07) is 5.49. The van der Waals surface area contributed by atoms with Crippen molar-refractivity contribution in [2.75, 3.05) is 20.2 Å². The molecule has 0 saturated carbocycles. The molecule has 0 aromatic heterocycles. The minimum Gasteiger partial charge on any atom is -0.496 e. The summed E-state index contributed by atoms with van der Waals surface area (Å²) in [4.78, 5) is 12.6. The summed E-state index contributed by atoms with van der Waals surface area (Å²) in [7, 11) is 1.65. The van der Waals surface area contributed by atoms with Crippen LogP contribution < -0.4 is 15.4 Å². The van der Waals surface area contributed by atoms with Gasteiger partial charge in [-0.2, -0.15) is 0 Å². The topological polar surface area (TPSA) is 50.4 Å². The molecule has 1 aliphatic heterocycles. The smallest absolute Gasteiger partial charge is 0.223 e. The SMILES string of the molecule is COc1ccc(Cl)cc1C(CC(C)C)NC(=O)C1CCNCC1. The number of halogens is 1. The molecular weight excluding hydrogens is 312 g/mol. The number of piperidine rings is 1. The maximum Gasteiger partial charge on any atom is 0.223 e. The van der Waals surface area contributed by atoms with Gasteiger partial charge in [0.25, 0.3) is 0 Å². The Kier molecular flexibility index (Phi) is 6.72. The Morgan fingerprint density at radius 1 is 1.39 bits per heavy atom. The second-order valence-corrected chi connectivity index (χ2v) is 7.04. The van der Waals surface area contributed by atoms with Crippen LogP contribution in [-0.2, 0) is 4.79 Å². The molecule has 1 saturated heterocycles. The van der Waals surface area contributed by atoms with Gasteiger partial charge in [-0.15, -0.1) is 0 Å². The molecule has 1 aromatic carbocycles. The van der Waals surface area contributed by atoms with E-state index in [2.05, 4.69) is 24.5 Å². The van der Waals surface area contributed by atoms with Gasteiger partial charge in [0.15, 0.2) is 0 Å². The lowest BCUT2D eigenvalue weighted by atomic mass is 9.93. The number of nitrogens with one attached hydrogen (secondary N) is 2. The van der Waals surface area contributed by atoms with Crippen molar-refractivity contribution in [1.29, 1.82) is 0 Å². The zero-order chi connectivity index (χ0) is 16.8. The maximum atomic E-state index is 12.6. The highest BCUT2D eigenvalue weighted by atomic mass is 35.5. The Morgan fingerprint density at radius 3 is 2.70 bits per heavy atom. The quantitative estimate of drug-likeness (QED) is 0.834. The van der Waals surface area contributed by atoms with Crippen LogP contribution in [0.25, 0.3) is 0 Å². The normalized spacial score (nSPS) is 17.1. The zero-order valence-electron chi connectivity index (χ0n) is 14.2. The van der Waals surface area contributed by atoms with Gasteiger partial charge in [0, 0.05) is 16.5 Å². The lowest BCUT2D eigenvalue weighted by Crippen LogP contribution is -2.40. The molecule has 0 bridgehead atoms. The van der Waals surface area contributed by atoms with E-state index in [1.165, 1.54) is 0 Å². The van der Waals surface area contributed by atoms with Crippen LogP contribution in [0.2, 0.25) is 5.02 Å². The lowest BCUT2D eigenvalue weighted by Gasteiger charge is -2.27. The predicted octanol–water partition coefficient (Wildman–Crippen LogP) is 3.55. The first-order valence-electron chi connectivity index (χ1n) is 8.35. The summed E-state index contributed by atoms with van der Waals surface area (Å²) < 4.78 is 5.47. The van der Waals surface area contributed by atoms with E-state index in [0.29, 0.717) is 10.9 Å². The average Bonchev–Trinajstić information content (AvgIpc) is 2.54. The molecule has 0 aliphatic carbocycles. The summed E-state index contributed by atoms with van der Waals surface area (Å²) in [5, 5.41) is 7.18. The molecule has 1 unspecified atom stereocenters. The van der Waals surface area contributed by atoms with Gasteiger partial charge in [0.2, 0.25) is 5.91 Å². The molecule has 1 aliphatic rings. The van der Waals surface area contributed by atoms with Crippen LogP contribution in [0.15, 0.2) is 18.2 Å². The third-order valence-electron chi connectivity index (χ3n) is 4.30. The molecule has 1 heterocycles. The van der Waals surface area contributed by atoms with Crippen molar-refractivity contribution < 1.29 is 9.53 Å². The Hall–Kier alpha value is -1.26. The predicted molar refractivity (Wildman–Crippen MR) is 93.9 cm³/mol. The highest BCUT2D eigenvalue weighted by Gasteiger charge is 2.26. The fraction of sp³-hybridized carbons (Fsp3) is 0.611. The maximum absolute atomic E-state index is 12.6. The summed E-state index contributed by atoms with van der Waals surface area (Å²) in [6.45, 7) is 6.13. The van der Waals surface area contributed by atoms with Crippen molar-refractivity contribution in [3.63, 3.8) is 0 Å². The minimum atomic E-state index is -0.0777. The molecule has 0 spiro atoms. The zero-order valence-corrected chi connectivity index (χ0v) is 15.0. The van der Waals surface area contributed by atoms with Crippen molar-refractivity contribution in [3.8, 4) is 5.75 Å². The Labute approximate surface area is 143 Å². The molecule has 1 amide bonds. The van der Waals surface area contributed by atoms with Crippen molar-refractivity contribution >= 4 is 17.5 Å². The number of hydrogen-bond donors (Lipinski definition) is 2. The van der Waals surface area contributed by atoms with Crippen molar-refractivity contribution in [3.05, 3.63) is 28.8 Å². The van der Waals surface area contributed by atoms with E-state index in [4.69, 9.17) is 16.3 Å². The molecule has 1 atom stereocenters. The number of ether oxygens (including phenoxy) is 1. The molecule has 23 heavy (non-hydrogen) atoms. The molecule has 128 valence electrons. The summed E-state index contributed by atoms with van der Waals surface area (Å²) in [5.41, 5.74) is 0.955.